The van der Waals surface area contributed by atoms with Crippen molar-refractivity contribution in [2.75, 3.05) is 5.32 Å². The standard InChI is InChI=1S/C25H21N4OPS/c1-18-12-14-21(15-13-18)31(30)24(20-10-6-3-7-11-20)27-23-22(16-26)25(28-29(23)31)32-17-19-8-4-2-5-9-19/h2-15,24,27H,17H2,1H3. The maximum atomic E-state index is 14.8. The SMILES string of the molecule is Cc1ccc(P2(=O)C(c3ccccc3)Nc3c(C#N)c(SCc4ccccc4)nn32)cc1. The fraction of sp³-hybridized carbons (Fsp3) is 0.120. The minimum atomic E-state index is -3.25. The van der Waals surface area contributed by atoms with Crippen LogP contribution in [0, 0.1) is 18.3 Å². The van der Waals surface area contributed by atoms with E-state index in [0.717, 1.165) is 22.0 Å². The molecule has 4 aromatic rings. The van der Waals surface area contributed by atoms with E-state index in [1.165, 1.54) is 11.8 Å². The van der Waals surface area contributed by atoms with Crippen LogP contribution < -0.4 is 10.6 Å². The van der Waals surface area contributed by atoms with Crippen molar-refractivity contribution in [2.24, 2.45) is 0 Å². The summed E-state index contributed by atoms with van der Waals surface area (Å²) in [6, 6.07) is 29.8. The number of thioether (sulfide) groups is 1. The molecule has 0 aliphatic carbocycles. The summed E-state index contributed by atoms with van der Waals surface area (Å²) in [6.45, 7) is 2.01. The van der Waals surface area contributed by atoms with Crippen LogP contribution in [0.3, 0.4) is 0 Å². The molecule has 1 N–H and O–H groups in total. The van der Waals surface area contributed by atoms with Gasteiger partial charge in [0, 0.05) is 11.1 Å². The van der Waals surface area contributed by atoms with Crippen LogP contribution in [0.25, 0.3) is 0 Å². The number of rotatable bonds is 5. The van der Waals surface area contributed by atoms with Crippen LogP contribution in [0.1, 0.15) is 28.0 Å². The molecule has 0 fully saturated rings. The van der Waals surface area contributed by atoms with Crippen molar-refractivity contribution in [3.63, 3.8) is 0 Å². The highest BCUT2D eigenvalue weighted by atomic mass is 32.2. The first-order chi connectivity index (χ1) is 15.6. The Labute approximate surface area is 191 Å². The van der Waals surface area contributed by atoms with E-state index >= 15 is 0 Å². The smallest absolute Gasteiger partial charge is 0.247 e. The largest absolute Gasteiger partial charge is 0.353 e. The van der Waals surface area contributed by atoms with Crippen LogP contribution in [0.15, 0.2) is 90.0 Å². The summed E-state index contributed by atoms with van der Waals surface area (Å²) < 4.78 is 16.3. The normalized spacial score (nSPS) is 19.2. The van der Waals surface area contributed by atoms with E-state index in [2.05, 4.69) is 11.4 Å². The van der Waals surface area contributed by atoms with Crippen LogP contribution in [-0.2, 0) is 10.3 Å². The summed E-state index contributed by atoms with van der Waals surface area (Å²) in [5.41, 5.74) is 3.59. The lowest BCUT2D eigenvalue weighted by molar-refractivity contribution is 0.568. The summed E-state index contributed by atoms with van der Waals surface area (Å²) in [7, 11) is -3.25. The van der Waals surface area contributed by atoms with Gasteiger partial charge >= 0.3 is 0 Å². The van der Waals surface area contributed by atoms with E-state index in [0.29, 0.717) is 22.2 Å². The summed E-state index contributed by atoms with van der Waals surface area (Å²) in [5.74, 6) is 0.734. The Kier molecular flexibility index (Phi) is 5.38. The van der Waals surface area contributed by atoms with Crippen molar-refractivity contribution in [1.29, 1.82) is 5.26 Å². The molecule has 0 saturated carbocycles. The monoisotopic (exact) mass is 456 g/mol. The van der Waals surface area contributed by atoms with Gasteiger partial charge in [-0.25, -0.2) is 0 Å². The van der Waals surface area contributed by atoms with Gasteiger partial charge in [-0.1, -0.05) is 90.1 Å². The number of nitrogens with one attached hydrogen (secondary N) is 1. The number of benzene rings is 3. The molecular weight excluding hydrogens is 435 g/mol. The molecule has 7 heteroatoms. The Morgan fingerprint density at radius 1 is 1.03 bits per heavy atom. The van der Waals surface area contributed by atoms with E-state index in [9.17, 15) is 9.83 Å². The summed E-state index contributed by atoms with van der Waals surface area (Å²) >= 11 is 1.49. The number of fused-ring (bicyclic) bond motifs is 1. The molecule has 0 radical (unpaired) electrons. The molecule has 5 nitrogen and oxygen atoms in total. The number of nitriles is 1. The van der Waals surface area contributed by atoms with Gasteiger partial charge in [0.05, 0.1) is 0 Å². The molecule has 2 unspecified atom stereocenters. The van der Waals surface area contributed by atoms with E-state index in [4.69, 9.17) is 5.10 Å². The number of aryl methyl sites for hydroxylation is 1. The zero-order valence-corrected chi connectivity index (χ0v) is 19.2. The maximum Gasteiger partial charge on any atom is 0.247 e. The molecule has 0 saturated heterocycles. The second kappa shape index (κ2) is 8.35. The lowest BCUT2D eigenvalue weighted by Gasteiger charge is -2.22. The van der Waals surface area contributed by atoms with Crippen LogP contribution in [0.5, 0.6) is 0 Å². The number of aromatic nitrogens is 2. The predicted molar refractivity (Wildman–Crippen MR) is 130 cm³/mol. The third-order valence-corrected chi connectivity index (χ3v) is 9.64. The highest BCUT2D eigenvalue weighted by molar-refractivity contribution is 7.98. The second-order valence-electron chi connectivity index (χ2n) is 7.72. The first kappa shape index (κ1) is 20.6. The first-order valence-corrected chi connectivity index (χ1v) is 13.0. The maximum absolute atomic E-state index is 14.8. The zero-order chi connectivity index (χ0) is 22.1. The van der Waals surface area contributed by atoms with Crippen LogP contribution in [0.4, 0.5) is 5.82 Å². The molecular formula is C25H21N4OPS. The summed E-state index contributed by atoms with van der Waals surface area (Å²) in [6.07, 6.45) is 0. The van der Waals surface area contributed by atoms with Gasteiger partial charge in [-0.2, -0.15) is 14.8 Å². The number of nitrogens with zero attached hydrogens (tertiary/aromatic N) is 3. The van der Waals surface area contributed by atoms with Crippen molar-refractivity contribution in [3.05, 3.63) is 107 Å². The van der Waals surface area contributed by atoms with Crippen LogP contribution in [-0.4, -0.2) is 9.55 Å². The van der Waals surface area contributed by atoms with Gasteiger partial charge in [0.25, 0.3) is 0 Å². The van der Waals surface area contributed by atoms with Gasteiger partial charge < -0.3 is 5.32 Å². The molecule has 1 aromatic heterocycles. The van der Waals surface area contributed by atoms with Gasteiger partial charge in [-0.3, -0.25) is 4.57 Å². The first-order valence-electron chi connectivity index (χ1n) is 10.3. The zero-order valence-electron chi connectivity index (χ0n) is 17.5. The molecule has 2 atom stereocenters. The number of hydrogen-bond acceptors (Lipinski definition) is 5. The van der Waals surface area contributed by atoms with Crippen molar-refractivity contribution >= 4 is 30.2 Å². The lowest BCUT2D eigenvalue weighted by atomic mass is 10.2. The van der Waals surface area contributed by atoms with E-state index in [1.807, 2.05) is 91.9 Å². The molecule has 5 rings (SSSR count). The second-order valence-corrected chi connectivity index (χ2v) is 11.3. The Bertz CT molecular complexity index is 1340. The number of hydrogen-bond donors (Lipinski definition) is 1. The molecule has 2 heterocycles. The Morgan fingerprint density at radius 2 is 1.69 bits per heavy atom. The van der Waals surface area contributed by atoms with Crippen molar-refractivity contribution in [3.8, 4) is 6.07 Å². The van der Waals surface area contributed by atoms with E-state index in [-0.39, 0.29) is 0 Å². The van der Waals surface area contributed by atoms with Gasteiger partial charge in [0.15, 0.2) is 5.82 Å². The average Bonchev–Trinajstić information content (AvgIpc) is 3.33. The van der Waals surface area contributed by atoms with E-state index in [1.54, 1.807) is 4.45 Å². The molecule has 0 amide bonds. The quantitative estimate of drug-likeness (QED) is 0.298. The van der Waals surface area contributed by atoms with Crippen molar-refractivity contribution < 1.29 is 4.57 Å². The molecule has 3 aromatic carbocycles. The van der Waals surface area contributed by atoms with Gasteiger partial charge in [0.1, 0.15) is 22.4 Å². The molecule has 158 valence electrons. The number of anilines is 1. The van der Waals surface area contributed by atoms with Crippen molar-refractivity contribution in [2.45, 2.75) is 23.5 Å². The topological polar surface area (TPSA) is 70.7 Å². The van der Waals surface area contributed by atoms with Crippen LogP contribution in [0.2, 0.25) is 0 Å². The molecule has 1 aliphatic rings. The lowest BCUT2D eigenvalue weighted by Crippen LogP contribution is -2.16. The van der Waals surface area contributed by atoms with Crippen molar-refractivity contribution in [1.82, 2.24) is 9.55 Å². The summed E-state index contributed by atoms with van der Waals surface area (Å²) in [4.78, 5) is 0. The Hall–Kier alpha value is -3.26. The molecule has 0 bridgehead atoms. The Morgan fingerprint density at radius 3 is 2.34 bits per heavy atom. The van der Waals surface area contributed by atoms with E-state index < -0.39 is 13.1 Å². The highest BCUT2D eigenvalue weighted by Crippen LogP contribution is 2.65. The van der Waals surface area contributed by atoms with Gasteiger partial charge in [-0.15, -0.1) is 0 Å². The predicted octanol–water partition coefficient (Wildman–Crippen LogP) is 5.93. The average molecular weight is 457 g/mol. The molecule has 0 spiro atoms. The molecule has 1 aliphatic heterocycles. The fourth-order valence-electron chi connectivity index (χ4n) is 3.92. The Balaban J connectivity index is 1.61. The van der Waals surface area contributed by atoms with Crippen LogP contribution >= 0.6 is 19.1 Å². The highest BCUT2D eigenvalue weighted by Gasteiger charge is 2.48. The molecule has 32 heavy (non-hydrogen) atoms. The summed E-state index contributed by atoms with van der Waals surface area (Å²) in [5, 5.41) is 19.4. The van der Waals surface area contributed by atoms with Gasteiger partial charge in [0.2, 0.25) is 7.29 Å². The fourth-order valence-corrected chi connectivity index (χ4v) is 7.77. The van der Waals surface area contributed by atoms with Gasteiger partial charge in [-0.05, 0) is 30.2 Å². The third-order valence-electron chi connectivity index (χ3n) is 5.59. The third kappa shape index (κ3) is 3.44. The minimum absolute atomic E-state index is 0.441. The minimum Gasteiger partial charge on any atom is -0.353 e.